The lowest BCUT2D eigenvalue weighted by Crippen LogP contribution is -2.27. The highest BCUT2D eigenvalue weighted by Crippen LogP contribution is 2.38. The highest BCUT2D eigenvalue weighted by molar-refractivity contribution is 14.1. The fourth-order valence-electron chi connectivity index (χ4n) is 2.73. The van der Waals surface area contributed by atoms with Crippen molar-refractivity contribution in [2.24, 2.45) is 0 Å². The predicted molar refractivity (Wildman–Crippen MR) is 127 cm³/mol. The van der Waals surface area contributed by atoms with Crippen molar-refractivity contribution >= 4 is 80.7 Å². The van der Waals surface area contributed by atoms with Gasteiger partial charge >= 0.3 is 5.97 Å². The lowest BCUT2D eigenvalue weighted by atomic mass is 10.1. The van der Waals surface area contributed by atoms with Crippen LogP contribution < -0.4 is 9.47 Å². The first kappa shape index (κ1) is 23.7. The number of rotatable bonds is 7. The van der Waals surface area contributed by atoms with Crippen LogP contribution in [0.5, 0.6) is 11.5 Å². The fraction of sp³-hybridized carbons (Fsp3) is 0.150. The summed E-state index contributed by atoms with van der Waals surface area (Å²) >= 11 is 15.1. The molecule has 162 valence electrons. The number of carbonyl (C=O) groups is 3. The van der Waals surface area contributed by atoms with Crippen molar-refractivity contribution in [3.63, 3.8) is 0 Å². The van der Waals surface area contributed by atoms with Crippen LogP contribution in [0.4, 0.5) is 4.79 Å². The van der Waals surface area contributed by atoms with Crippen LogP contribution in [0.1, 0.15) is 11.1 Å². The lowest BCUT2D eigenvalue weighted by molar-refractivity contribution is -0.139. The maximum Gasteiger partial charge on any atom is 0.341 e. The standard InChI is InChI=1S/C20H14Cl2INO6S/c1-29-15-6-10(5-14(23)18(15)30-9-17(25)26)7-16-19(27)24(20(28)31-16)8-11-12(21)3-2-4-13(11)22/h2-7H,8-9H2,1H3,(H,25,26)/b16-7-. The highest BCUT2D eigenvalue weighted by Gasteiger charge is 2.35. The Morgan fingerprint density at radius 2 is 1.94 bits per heavy atom. The molecule has 1 N–H and O–H groups in total. The molecule has 0 aromatic heterocycles. The number of amides is 2. The molecule has 0 atom stereocenters. The second-order valence-electron chi connectivity index (χ2n) is 6.18. The van der Waals surface area contributed by atoms with E-state index in [9.17, 15) is 14.4 Å². The number of nitrogens with zero attached hydrogens (tertiary/aromatic N) is 1. The van der Waals surface area contributed by atoms with Crippen molar-refractivity contribution in [1.82, 2.24) is 4.90 Å². The number of thioether (sulfide) groups is 1. The zero-order valence-corrected chi connectivity index (χ0v) is 20.3. The molecule has 2 aromatic carbocycles. The van der Waals surface area contributed by atoms with E-state index < -0.39 is 23.7 Å². The number of carboxylic acid groups (broad SMARTS) is 1. The van der Waals surface area contributed by atoms with Crippen LogP contribution in [0.25, 0.3) is 6.08 Å². The Hall–Kier alpha value is -1.95. The van der Waals surface area contributed by atoms with Gasteiger partial charge in [0.1, 0.15) is 0 Å². The second kappa shape index (κ2) is 10.1. The van der Waals surface area contributed by atoms with Crippen molar-refractivity contribution in [2.45, 2.75) is 6.54 Å². The first-order valence-corrected chi connectivity index (χ1v) is 11.3. The van der Waals surface area contributed by atoms with E-state index >= 15 is 0 Å². The molecule has 0 aliphatic carbocycles. The van der Waals surface area contributed by atoms with Crippen molar-refractivity contribution in [2.75, 3.05) is 13.7 Å². The SMILES string of the molecule is COc1cc(/C=C2\SC(=O)N(Cc3c(Cl)cccc3Cl)C2=O)cc(I)c1OCC(=O)O. The minimum atomic E-state index is -1.12. The van der Waals surface area contributed by atoms with Crippen molar-refractivity contribution in [1.29, 1.82) is 0 Å². The Morgan fingerprint density at radius 3 is 2.55 bits per heavy atom. The van der Waals surface area contributed by atoms with Gasteiger partial charge in [-0.1, -0.05) is 29.3 Å². The maximum absolute atomic E-state index is 12.8. The first-order chi connectivity index (χ1) is 14.7. The summed E-state index contributed by atoms with van der Waals surface area (Å²) < 4.78 is 11.2. The number of imide groups is 1. The van der Waals surface area contributed by atoms with Gasteiger partial charge in [0.15, 0.2) is 18.1 Å². The summed E-state index contributed by atoms with van der Waals surface area (Å²) in [5, 5.41) is 9.12. The summed E-state index contributed by atoms with van der Waals surface area (Å²) in [5.74, 6) is -0.994. The van der Waals surface area contributed by atoms with Crippen LogP contribution in [-0.2, 0) is 16.1 Å². The van der Waals surface area contributed by atoms with Crippen LogP contribution in [0, 0.1) is 3.57 Å². The molecule has 1 aliphatic heterocycles. The number of halogens is 3. The van der Waals surface area contributed by atoms with E-state index in [1.807, 2.05) is 22.6 Å². The Balaban J connectivity index is 1.87. The van der Waals surface area contributed by atoms with Crippen molar-refractivity contribution < 1.29 is 29.0 Å². The third kappa shape index (κ3) is 5.46. The minimum absolute atomic E-state index is 0.0384. The Kier molecular flexibility index (Phi) is 7.73. The number of benzene rings is 2. The van der Waals surface area contributed by atoms with E-state index in [2.05, 4.69) is 0 Å². The van der Waals surface area contributed by atoms with Gasteiger partial charge in [0, 0.05) is 15.6 Å². The number of ether oxygens (including phenoxy) is 2. The smallest absolute Gasteiger partial charge is 0.341 e. The van der Waals surface area contributed by atoms with Crippen LogP contribution in [0.2, 0.25) is 10.0 Å². The predicted octanol–water partition coefficient (Wildman–Crippen LogP) is 5.31. The van der Waals surface area contributed by atoms with E-state index in [0.29, 0.717) is 30.5 Å². The highest BCUT2D eigenvalue weighted by atomic mass is 127. The maximum atomic E-state index is 12.8. The number of carbonyl (C=O) groups excluding carboxylic acids is 2. The van der Waals surface area contributed by atoms with Gasteiger partial charge in [0.25, 0.3) is 11.1 Å². The molecule has 7 nitrogen and oxygen atoms in total. The molecular weight excluding hydrogens is 580 g/mol. The molecule has 0 radical (unpaired) electrons. The van der Waals surface area contributed by atoms with E-state index in [-0.39, 0.29) is 17.2 Å². The van der Waals surface area contributed by atoms with Gasteiger partial charge in [-0.15, -0.1) is 0 Å². The van der Waals surface area contributed by atoms with Crippen LogP contribution in [0.15, 0.2) is 35.2 Å². The van der Waals surface area contributed by atoms with Crippen molar-refractivity contribution in [3.05, 3.63) is 60.0 Å². The third-order valence-corrected chi connectivity index (χ3v) is 6.56. The summed E-state index contributed by atoms with van der Waals surface area (Å²) in [6.07, 6.45) is 1.56. The molecule has 3 rings (SSSR count). The fourth-order valence-corrected chi connectivity index (χ4v) is 4.86. The average Bonchev–Trinajstić information content (AvgIpc) is 2.96. The quantitative estimate of drug-likeness (QED) is 0.344. The van der Waals surface area contributed by atoms with E-state index in [0.717, 1.165) is 16.7 Å². The molecule has 1 fully saturated rings. The average molecular weight is 594 g/mol. The Bertz CT molecular complexity index is 1090. The van der Waals surface area contributed by atoms with Gasteiger partial charge in [0.2, 0.25) is 0 Å². The lowest BCUT2D eigenvalue weighted by Gasteiger charge is -2.15. The number of aliphatic carboxylic acids is 1. The molecule has 2 amide bonds. The number of hydrogen-bond acceptors (Lipinski definition) is 6. The summed E-state index contributed by atoms with van der Waals surface area (Å²) in [5.41, 5.74) is 1.08. The summed E-state index contributed by atoms with van der Waals surface area (Å²) in [6.45, 7) is -0.557. The summed E-state index contributed by atoms with van der Waals surface area (Å²) in [4.78, 5) is 37.4. The molecular formula is C20H14Cl2INO6S. The van der Waals surface area contributed by atoms with Gasteiger partial charge in [0.05, 0.1) is 22.1 Å². The molecule has 1 saturated heterocycles. The van der Waals surface area contributed by atoms with Crippen molar-refractivity contribution in [3.8, 4) is 11.5 Å². The molecule has 0 bridgehead atoms. The Labute approximate surface area is 205 Å². The van der Waals surface area contributed by atoms with Gasteiger partial charge in [-0.2, -0.15) is 0 Å². The van der Waals surface area contributed by atoms with Crippen LogP contribution in [-0.4, -0.2) is 40.8 Å². The van der Waals surface area contributed by atoms with Crippen LogP contribution in [0.3, 0.4) is 0 Å². The monoisotopic (exact) mass is 593 g/mol. The zero-order chi connectivity index (χ0) is 22.7. The molecule has 11 heteroatoms. The Morgan fingerprint density at radius 1 is 1.26 bits per heavy atom. The number of carboxylic acids is 1. The van der Waals surface area contributed by atoms with Crippen LogP contribution >= 0.6 is 57.6 Å². The van der Waals surface area contributed by atoms with Gasteiger partial charge < -0.3 is 14.6 Å². The second-order valence-corrected chi connectivity index (χ2v) is 9.15. The molecule has 0 saturated carbocycles. The van der Waals surface area contributed by atoms with E-state index in [1.165, 1.54) is 7.11 Å². The molecule has 2 aromatic rings. The van der Waals surface area contributed by atoms with Gasteiger partial charge in [-0.05, 0) is 70.3 Å². The molecule has 0 unspecified atom stereocenters. The minimum Gasteiger partial charge on any atom is -0.493 e. The van der Waals surface area contributed by atoms with E-state index in [4.69, 9.17) is 37.8 Å². The topological polar surface area (TPSA) is 93.1 Å². The van der Waals surface area contributed by atoms with E-state index in [1.54, 1.807) is 36.4 Å². The first-order valence-electron chi connectivity index (χ1n) is 8.61. The molecule has 1 aliphatic rings. The van der Waals surface area contributed by atoms with Gasteiger partial charge in [-0.25, -0.2) is 4.79 Å². The number of hydrogen-bond donors (Lipinski definition) is 1. The summed E-state index contributed by atoms with van der Waals surface area (Å²) in [7, 11) is 1.42. The summed E-state index contributed by atoms with van der Waals surface area (Å²) in [6, 6.07) is 8.25. The molecule has 31 heavy (non-hydrogen) atoms. The zero-order valence-electron chi connectivity index (χ0n) is 15.9. The normalized spacial score (nSPS) is 15.0. The molecule has 0 spiro atoms. The number of methoxy groups -OCH3 is 1. The van der Waals surface area contributed by atoms with Gasteiger partial charge in [-0.3, -0.25) is 14.5 Å². The molecule has 1 heterocycles. The largest absolute Gasteiger partial charge is 0.493 e. The third-order valence-electron chi connectivity index (χ3n) is 4.14.